The van der Waals surface area contributed by atoms with Crippen LogP contribution in [0.1, 0.15) is 33.3 Å². The van der Waals surface area contributed by atoms with Crippen LogP contribution in [0.25, 0.3) is 0 Å². The van der Waals surface area contributed by atoms with Gasteiger partial charge in [-0.25, -0.2) is 9.59 Å². The van der Waals surface area contributed by atoms with Gasteiger partial charge in [0.25, 0.3) is 0 Å². The van der Waals surface area contributed by atoms with Crippen molar-refractivity contribution in [2.75, 3.05) is 5.32 Å². The zero-order valence-electron chi connectivity index (χ0n) is 12.8. The Kier molecular flexibility index (Phi) is 5.52. The van der Waals surface area contributed by atoms with E-state index in [1.165, 1.54) is 0 Å². The molecule has 1 amide bonds. The third kappa shape index (κ3) is 6.61. The number of carbonyl (C=O) groups is 2. The summed E-state index contributed by atoms with van der Waals surface area (Å²) in [7, 11) is 0. The molecule has 0 aliphatic rings. The van der Waals surface area contributed by atoms with Gasteiger partial charge < -0.3 is 9.84 Å². The third-order valence-corrected chi connectivity index (χ3v) is 2.58. The maximum Gasteiger partial charge on any atom is 0.412 e. The number of carbonyl (C=O) groups excluding carboxylic acids is 1. The maximum atomic E-state index is 11.6. The van der Waals surface area contributed by atoms with E-state index in [4.69, 9.17) is 9.84 Å². The van der Waals surface area contributed by atoms with E-state index < -0.39 is 17.7 Å². The van der Waals surface area contributed by atoms with Gasteiger partial charge in [0.2, 0.25) is 0 Å². The lowest BCUT2D eigenvalue weighted by Crippen LogP contribution is -2.27. The number of benzene rings is 1. The zero-order valence-corrected chi connectivity index (χ0v) is 12.8. The number of hydrogen-bond donors (Lipinski definition) is 2. The molecule has 114 valence electrons. The van der Waals surface area contributed by atoms with Crippen LogP contribution in [0.2, 0.25) is 0 Å². The predicted molar refractivity (Wildman–Crippen MR) is 81.4 cm³/mol. The molecule has 0 unspecified atom stereocenters. The van der Waals surface area contributed by atoms with E-state index in [1.807, 2.05) is 12.1 Å². The summed E-state index contributed by atoms with van der Waals surface area (Å²) in [6.07, 6.45) is 1.68. The number of allylic oxidation sites excluding steroid dienone is 1. The quantitative estimate of drug-likeness (QED) is 0.831. The van der Waals surface area contributed by atoms with Crippen molar-refractivity contribution in [3.63, 3.8) is 0 Å². The Morgan fingerprint density at radius 1 is 1.24 bits per heavy atom. The summed E-state index contributed by atoms with van der Waals surface area (Å²) in [6.45, 7) is 6.95. The number of carboxylic acids is 1. The molecule has 0 saturated carbocycles. The number of nitrogens with one attached hydrogen (secondary N) is 1. The highest BCUT2D eigenvalue weighted by Crippen LogP contribution is 2.13. The number of aliphatic carboxylic acids is 1. The SMILES string of the molecule is C/C(=C\Cc1ccc(NC(=O)OC(C)(C)C)cc1)C(=O)O. The summed E-state index contributed by atoms with van der Waals surface area (Å²) >= 11 is 0. The Morgan fingerprint density at radius 3 is 2.29 bits per heavy atom. The molecule has 2 N–H and O–H groups in total. The van der Waals surface area contributed by atoms with Gasteiger partial charge in [-0.15, -0.1) is 0 Å². The van der Waals surface area contributed by atoms with Crippen molar-refractivity contribution < 1.29 is 19.4 Å². The van der Waals surface area contributed by atoms with Crippen LogP contribution >= 0.6 is 0 Å². The van der Waals surface area contributed by atoms with E-state index in [1.54, 1.807) is 45.9 Å². The summed E-state index contributed by atoms with van der Waals surface area (Å²) in [5, 5.41) is 11.4. The monoisotopic (exact) mass is 291 g/mol. The fraction of sp³-hybridized carbons (Fsp3) is 0.375. The van der Waals surface area contributed by atoms with E-state index in [0.717, 1.165) is 5.56 Å². The topological polar surface area (TPSA) is 75.6 Å². The highest BCUT2D eigenvalue weighted by molar-refractivity contribution is 5.86. The number of anilines is 1. The van der Waals surface area contributed by atoms with Crippen LogP contribution in [0.4, 0.5) is 10.5 Å². The van der Waals surface area contributed by atoms with Gasteiger partial charge in [0, 0.05) is 11.3 Å². The first-order valence-electron chi connectivity index (χ1n) is 6.66. The molecule has 0 atom stereocenters. The molecule has 0 radical (unpaired) electrons. The lowest BCUT2D eigenvalue weighted by atomic mass is 10.1. The molecule has 0 aliphatic carbocycles. The molecule has 5 nitrogen and oxygen atoms in total. The van der Waals surface area contributed by atoms with Crippen molar-refractivity contribution in [1.29, 1.82) is 0 Å². The largest absolute Gasteiger partial charge is 0.478 e. The number of ether oxygens (including phenoxy) is 1. The van der Waals surface area contributed by atoms with Gasteiger partial charge >= 0.3 is 12.1 Å². The zero-order chi connectivity index (χ0) is 16.0. The number of carboxylic acid groups (broad SMARTS) is 1. The van der Waals surface area contributed by atoms with Gasteiger partial charge in [-0.1, -0.05) is 18.2 Å². The molecule has 21 heavy (non-hydrogen) atoms. The lowest BCUT2D eigenvalue weighted by molar-refractivity contribution is -0.132. The van der Waals surface area contributed by atoms with Crippen LogP contribution in [0.3, 0.4) is 0 Å². The average molecular weight is 291 g/mol. The maximum absolute atomic E-state index is 11.6. The summed E-state index contributed by atoms with van der Waals surface area (Å²) < 4.78 is 5.15. The first-order chi connectivity index (χ1) is 9.67. The molecule has 0 aliphatic heterocycles. The number of amides is 1. The first-order valence-corrected chi connectivity index (χ1v) is 6.66. The normalized spacial score (nSPS) is 11.9. The third-order valence-electron chi connectivity index (χ3n) is 2.58. The standard InChI is InChI=1S/C16H21NO4/c1-11(14(18)19)5-6-12-7-9-13(10-8-12)17-15(20)21-16(2,3)4/h5,7-10H,6H2,1-4H3,(H,17,20)(H,18,19)/b11-5+. The highest BCUT2D eigenvalue weighted by atomic mass is 16.6. The van der Waals surface area contributed by atoms with Gasteiger partial charge in [0.1, 0.15) is 5.60 Å². The van der Waals surface area contributed by atoms with Crippen molar-refractivity contribution in [3.05, 3.63) is 41.5 Å². The summed E-state index contributed by atoms with van der Waals surface area (Å²) in [6, 6.07) is 7.17. The van der Waals surface area contributed by atoms with Crippen LogP contribution in [0, 0.1) is 0 Å². The Morgan fingerprint density at radius 2 is 1.81 bits per heavy atom. The second-order valence-electron chi connectivity index (χ2n) is 5.72. The van der Waals surface area contributed by atoms with Gasteiger partial charge in [-0.05, 0) is 51.8 Å². The van der Waals surface area contributed by atoms with Crippen molar-refractivity contribution in [3.8, 4) is 0 Å². The predicted octanol–water partition coefficient (Wildman–Crippen LogP) is 3.61. The summed E-state index contributed by atoms with van der Waals surface area (Å²) in [4.78, 5) is 22.3. The molecule has 0 spiro atoms. The number of hydrogen-bond acceptors (Lipinski definition) is 3. The van der Waals surface area contributed by atoms with Crippen LogP contribution < -0.4 is 5.32 Å². The molecule has 1 aromatic rings. The molecular formula is C16H21NO4. The van der Waals surface area contributed by atoms with Crippen LogP contribution in [0.5, 0.6) is 0 Å². The lowest BCUT2D eigenvalue weighted by Gasteiger charge is -2.19. The Labute approximate surface area is 124 Å². The molecule has 0 heterocycles. The first kappa shape index (κ1) is 16.8. The second-order valence-corrected chi connectivity index (χ2v) is 5.72. The fourth-order valence-electron chi connectivity index (χ4n) is 1.50. The van der Waals surface area contributed by atoms with Crippen LogP contribution in [-0.2, 0) is 16.0 Å². The number of rotatable bonds is 4. The van der Waals surface area contributed by atoms with Crippen molar-refractivity contribution in [2.45, 2.75) is 39.7 Å². The summed E-state index contributed by atoms with van der Waals surface area (Å²) in [5.41, 5.74) is 1.37. The van der Waals surface area contributed by atoms with Gasteiger partial charge in [-0.3, -0.25) is 5.32 Å². The smallest absolute Gasteiger partial charge is 0.412 e. The Balaban J connectivity index is 2.60. The molecule has 5 heteroatoms. The van der Waals surface area contributed by atoms with E-state index in [9.17, 15) is 9.59 Å². The van der Waals surface area contributed by atoms with Crippen LogP contribution in [0.15, 0.2) is 35.9 Å². The molecule has 0 bridgehead atoms. The second kappa shape index (κ2) is 6.92. The van der Waals surface area contributed by atoms with E-state index >= 15 is 0 Å². The fourth-order valence-corrected chi connectivity index (χ4v) is 1.50. The minimum absolute atomic E-state index is 0.311. The van der Waals surface area contributed by atoms with Crippen LogP contribution in [-0.4, -0.2) is 22.8 Å². The Hall–Kier alpha value is -2.30. The van der Waals surface area contributed by atoms with Gasteiger partial charge in [0.15, 0.2) is 0 Å². The molecule has 0 fully saturated rings. The van der Waals surface area contributed by atoms with Crippen molar-refractivity contribution in [1.82, 2.24) is 0 Å². The van der Waals surface area contributed by atoms with Crippen molar-refractivity contribution >= 4 is 17.7 Å². The Bertz CT molecular complexity index is 538. The average Bonchev–Trinajstić information content (AvgIpc) is 2.35. The van der Waals surface area contributed by atoms with Crippen molar-refractivity contribution in [2.24, 2.45) is 0 Å². The minimum Gasteiger partial charge on any atom is -0.478 e. The minimum atomic E-state index is -0.918. The molecule has 1 rings (SSSR count). The van der Waals surface area contributed by atoms with E-state index in [2.05, 4.69) is 5.32 Å². The molecule has 0 saturated heterocycles. The summed E-state index contributed by atoms with van der Waals surface area (Å²) in [5.74, 6) is -0.918. The van der Waals surface area contributed by atoms with Gasteiger partial charge in [-0.2, -0.15) is 0 Å². The van der Waals surface area contributed by atoms with E-state index in [0.29, 0.717) is 17.7 Å². The molecule has 1 aromatic carbocycles. The molecule has 0 aromatic heterocycles. The van der Waals surface area contributed by atoms with E-state index in [-0.39, 0.29) is 0 Å². The highest BCUT2D eigenvalue weighted by Gasteiger charge is 2.15. The molecular weight excluding hydrogens is 270 g/mol. The van der Waals surface area contributed by atoms with Gasteiger partial charge in [0.05, 0.1) is 0 Å².